The summed E-state index contributed by atoms with van der Waals surface area (Å²) in [5, 5.41) is 9.04. The average Bonchev–Trinajstić information content (AvgIpc) is 3.28. The van der Waals surface area contributed by atoms with Crippen molar-refractivity contribution in [3.8, 4) is 44.9 Å². The van der Waals surface area contributed by atoms with E-state index < -0.39 is 5.97 Å². The number of carbonyl (C=O) groups is 1. The summed E-state index contributed by atoms with van der Waals surface area (Å²) < 4.78 is 5.89. The van der Waals surface area contributed by atoms with Gasteiger partial charge in [0.15, 0.2) is 0 Å². The van der Waals surface area contributed by atoms with Crippen molar-refractivity contribution in [3.63, 3.8) is 0 Å². The highest BCUT2D eigenvalue weighted by Gasteiger charge is 2.21. The molecule has 1 N–H and O–H groups in total. The fraction of sp³-hybridized carbons (Fsp3) is 0.0312. The number of benzene rings is 5. The van der Waals surface area contributed by atoms with E-state index in [2.05, 4.69) is 66.7 Å². The van der Waals surface area contributed by atoms with Crippen molar-refractivity contribution in [3.05, 3.63) is 132 Å². The number of ether oxygens (including phenoxy) is 1. The Morgan fingerprint density at radius 2 is 1.23 bits per heavy atom. The lowest BCUT2D eigenvalue weighted by Crippen LogP contribution is -1.95. The molecule has 0 heterocycles. The molecule has 35 heavy (non-hydrogen) atoms. The van der Waals surface area contributed by atoms with Crippen LogP contribution < -0.4 is 4.74 Å². The van der Waals surface area contributed by atoms with Crippen LogP contribution in [0.15, 0.2) is 115 Å². The molecule has 168 valence electrons. The number of fused-ring (bicyclic) bond motifs is 3. The zero-order valence-corrected chi connectivity index (χ0v) is 18.9. The summed E-state index contributed by atoms with van der Waals surface area (Å²) in [4.78, 5) is 11.0. The minimum Gasteiger partial charge on any atom is -0.478 e. The highest BCUT2D eigenvalue weighted by Crippen LogP contribution is 2.42. The summed E-state index contributed by atoms with van der Waals surface area (Å²) in [6, 6.07) is 38.3. The van der Waals surface area contributed by atoms with Crippen LogP contribution in [0, 0.1) is 0 Å². The molecule has 1 aliphatic carbocycles. The van der Waals surface area contributed by atoms with Crippen LogP contribution in [0.4, 0.5) is 0 Å². The van der Waals surface area contributed by atoms with Crippen molar-refractivity contribution in [1.82, 2.24) is 0 Å². The third-order valence-corrected chi connectivity index (χ3v) is 6.55. The van der Waals surface area contributed by atoms with Gasteiger partial charge in [0.05, 0.1) is 5.56 Å². The molecular formula is C32H22O3. The Kier molecular flexibility index (Phi) is 5.16. The van der Waals surface area contributed by atoms with Crippen LogP contribution in [0.2, 0.25) is 0 Å². The van der Waals surface area contributed by atoms with Crippen LogP contribution in [-0.4, -0.2) is 11.1 Å². The Balaban J connectivity index is 1.26. The summed E-state index contributed by atoms with van der Waals surface area (Å²) in [6.45, 7) is 0. The molecule has 0 aromatic heterocycles. The quantitative estimate of drug-likeness (QED) is 0.286. The summed E-state index contributed by atoms with van der Waals surface area (Å²) in [7, 11) is 0. The van der Waals surface area contributed by atoms with E-state index >= 15 is 0 Å². The standard InChI is InChI=1S/C32H22O3/c33-32(34)22-13-17-27(18-14-22)35-26-15-11-21(12-16-26)23-6-3-7-24(19-23)29-9-4-10-30-28-8-2-1-5-25(28)20-31(29)30/h1-19H,20H2,(H,33,34). The Hall–Kier alpha value is -4.63. The van der Waals surface area contributed by atoms with Crippen molar-refractivity contribution in [2.24, 2.45) is 0 Å². The van der Waals surface area contributed by atoms with E-state index in [4.69, 9.17) is 9.84 Å². The van der Waals surface area contributed by atoms with Crippen molar-refractivity contribution in [2.45, 2.75) is 6.42 Å². The Labute approximate surface area is 203 Å². The molecule has 1 aliphatic rings. The molecule has 3 nitrogen and oxygen atoms in total. The Morgan fingerprint density at radius 3 is 2.00 bits per heavy atom. The SMILES string of the molecule is O=C(O)c1ccc(Oc2ccc(-c3cccc(-c4cccc5c4Cc4ccccc4-5)c3)cc2)cc1. The van der Waals surface area contributed by atoms with Crippen molar-refractivity contribution in [1.29, 1.82) is 0 Å². The van der Waals surface area contributed by atoms with E-state index in [0.29, 0.717) is 11.5 Å². The summed E-state index contributed by atoms with van der Waals surface area (Å²) in [6.07, 6.45) is 0.964. The number of carboxylic acid groups (broad SMARTS) is 1. The average molecular weight is 455 g/mol. The fourth-order valence-electron chi connectivity index (χ4n) is 4.81. The molecule has 5 aromatic rings. The van der Waals surface area contributed by atoms with Gasteiger partial charge in [-0.15, -0.1) is 0 Å². The van der Waals surface area contributed by atoms with Crippen molar-refractivity contribution in [2.75, 3.05) is 0 Å². The van der Waals surface area contributed by atoms with Gasteiger partial charge in [0, 0.05) is 0 Å². The number of rotatable bonds is 5. The van der Waals surface area contributed by atoms with E-state index in [0.717, 1.165) is 17.5 Å². The molecule has 3 heteroatoms. The normalized spacial score (nSPS) is 11.5. The predicted molar refractivity (Wildman–Crippen MR) is 139 cm³/mol. The van der Waals surface area contributed by atoms with Gasteiger partial charge in [-0.1, -0.05) is 72.8 Å². The lowest BCUT2D eigenvalue weighted by Gasteiger charge is -2.11. The Bertz CT molecular complexity index is 1550. The molecule has 0 fully saturated rings. The van der Waals surface area contributed by atoms with E-state index in [1.54, 1.807) is 12.1 Å². The Morgan fingerprint density at radius 1 is 0.600 bits per heavy atom. The molecule has 0 spiro atoms. The van der Waals surface area contributed by atoms with Crippen LogP contribution >= 0.6 is 0 Å². The van der Waals surface area contributed by atoms with Crippen molar-refractivity contribution < 1.29 is 14.6 Å². The van der Waals surface area contributed by atoms with Gasteiger partial charge in [-0.25, -0.2) is 4.79 Å². The predicted octanol–water partition coefficient (Wildman–Crippen LogP) is 8.08. The largest absolute Gasteiger partial charge is 0.478 e. The lowest BCUT2D eigenvalue weighted by molar-refractivity contribution is 0.0697. The summed E-state index contributed by atoms with van der Waals surface area (Å²) in [5.74, 6) is 0.350. The smallest absolute Gasteiger partial charge is 0.335 e. The van der Waals surface area contributed by atoms with E-state index in [-0.39, 0.29) is 5.56 Å². The minimum atomic E-state index is -0.951. The zero-order valence-electron chi connectivity index (χ0n) is 18.9. The third kappa shape index (κ3) is 3.98. The number of aromatic carboxylic acids is 1. The molecular weight excluding hydrogens is 432 g/mol. The van der Waals surface area contributed by atoms with Gasteiger partial charge >= 0.3 is 5.97 Å². The molecule has 0 radical (unpaired) electrons. The van der Waals surface area contributed by atoms with E-state index in [9.17, 15) is 4.79 Å². The summed E-state index contributed by atoms with van der Waals surface area (Å²) in [5.41, 5.74) is 10.4. The molecule has 5 aromatic carbocycles. The second kappa shape index (κ2) is 8.62. The minimum absolute atomic E-state index is 0.237. The van der Waals surface area contributed by atoms with E-state index in [1.807, 2.05) is 24.3 Å². The molecule has 0 saturated heterocycles. The molecule has 0 aliphatic heterocycles. The lowest BCUT2D eigenvalue weighted by atomic mass is 9.93. The second-order valence-corrected chi connectivity index (χ2v) is 8.70. The van der Waals surface area contributed by atoms with Crippen molar-refractivity contribution >= 4 is 5.97 Å². The first-order valence-electron chi connectivity index (χ1n) is 11.6. The molecule has 0 unspecified atom stereocenters. The number of hydrogen-bond acceptors (Lipinski definition) is 2. The molecule has 0 saturated carbocycles. The van der Waals surface area contributed by atoms with Gasteiger partial charge in [0.2, 0.25) is 0 Å². The highest BCUT2D eigenvalue weighted by molar-refractivity contribution is 5.88. The van der Waals surface area contributed by atoms with Gasteiger partial charge < -0.3 is 9.84 Å². The second-order valence-electron chi connectivity index (χ2n) is 8.70. The van der Waals surface area contributed by atoms with Gasteiger partial charge in [0.1, 0.15) is 11.5 Å². The van der Waals surface area contributed by atoms with Gasteiger partial charge in [-0.05, 0) is 93.4 Å². The first-order valence-corrected chi connectivity index (χ1v) is 11.6. The van der Waals surface area contributed by atoms with Crippen LogP contribution in [0.1, 0.15) is 21.5 Å². The molecule has 0 atom stereocenters. The third-order valence-electron chi connectivity index (χ3n) is 6.55. The number of carboxylic acids is 1. The maximum absolute atomic E-state index is 11.0. The van der Waals surface area contributed by atoms with Gasteiger partial charge in [-0.2, -0.15) is 0 Å². The maximum Gasteiger partial charge on any atom is 0.335 e. The van der Waals surface area contributed by atoms with Gasteiger partial charge in [-0.3, -0.25) is 0 Å². The van der Waals surface area contributed by atoms with Crippen LogP contribution in [-0.2, 0) is 6.42 Å². The monoisotopic (exact) mass is 454 g/mol. The highest BCUT2D eigenvalue weighted by atomic mass is 16.5. The van der Waals surface area contributed by atoms with Crippen LogP contribution in [0.5, 0.6) is 11.5 Å². The molecule has 0 bridgehead atoms. The maximum atomic E-state index is 11.0. The van der Waals surface area contributed by atoms with Crippen LogP contribution in [0.25, 0.3) is 33.4 Å². The number of hydrogen-bond donors (Lipinski definition) is 1. The molecule has 6 rings (SSSR count). The zero-order chi connectivity index (χ0) is 23.8. The fourth-order valence-corrected chi connectivity index (χ4v) is 4.81. The topological polar surface area (TPSA) is 46.5 Å². The first kappa shape index (κ1) is 20.9. The van der Waals surface area contributed by atoms with E-state index in [1.165, 1.54) is 45.5 Å². The molecule has 0 amide bonds. The van der Waals surface area contributed by atoms with Gasteiger partial charge in [0.25, 0.3) is 0 Å². The first-order chi connectivity index (χ1) is 17.2. The summed E-state index contributed by atoms with van der Waals surface area (Å²) >= 11 is 0. The van der Waals surface area contributed by atoms with Crippen LogP contribution in [0.3, 0.4) is 0 Å².